The van der Waals surface area contributed by atoms with Gasteiger partial charge in [-0.3, -0.25) is 9.78 Å². The number of halogens is 2. The molecule has 0 aliphatic carbocycles. The predicted octanol–water partition coefficient (Wildman–Crippen LogP) is 4.08. The molecular formula is C21H19F2N3O2. The molecule has 28 heavy (non-hydrogen) atoms. The molecule has 2 N–H and O–H groups in total. The van der Waals surface area contributed by atoms with Crippen molar-refractivity contribution in [2.45, 2.75) is 6.42 Å². The van der Waals surface area contributed by atoms with Gasteiger partial charge < -0.3 is 15.4 Å². The highest BCUT2D eigenvalue weighted by Crippen LogP contribution is 2.19. The Morgan fingerprint density at radius 1 is 1.00 bits per heavy atom. The number of hydrogen-bond acceptors (Lipinski definition) is 4. The summed E-state index contributed by atoms with van der Waals surface area (Å²) in [4.78, 5) is 16.4. The third-order valence-electron chi connectivity index (χ3n) is 4.06. The number of rotatable bonds is 7. The lowest BCUT2D eigenvalue weighted by molar-refractivity contribution is 0.0949. The highest BCUT2D eigenvalue weighted by Gasteiger charge is 2.09. The topological polar surface area (TPSA) is 63.2 Å². The van der Waals surface area contributed by atoms with Crippen molar-refractivity contribution in [1.82, 2.24) is 10.3 Å². The molecule has 0 atom stereocenters. The minimum absolute atomic E-state index is 0.224. The second-order valence-corrected chi connectivity index (χ2v) is 6.04. The number of pyridine rings is 1. The summed E-state index contributed by atoms with van der Waals surface area (Å²) in [5.41, 5.74) is 2.21. The Labute approximate surface area is 161 Å². The molecule has 0 spiro atoms. The molecule has 1 heterocycles. The second-order valence-electron chi connectivity index (χ2n) is 6.04. The first-order valence-corrected chi connectivity index (χ1v) is 8.64. The number of hydrogen-bond donors (Lipinski definition) is 2. The molecule has 0 radical (unpaired) electrons. The number of anilines is 2. The van der Waals surface area contributed by atoms with Crippen molar-refractivity contribution in [2.24, 2.45) is 0 Å². The third kappa shape index (κ3) is 5.03. The van der Waals surface area contributed by atoms with Crippen molar-refractivity contribution >= 4 is 17.3 Å². The minimum Gasteiger partial charge on any atom is -0.497 e. The Morgan fingerprint density at radius 2 is 1.75 bits per heavy atom. The van der Waals surface area contributed by atoms with Gasteiger partial charge in [-0.1, -0.05) is 12.1 Å². The van der Waals surface area contributed by atoms with E-state index in [4.69, 9.17) is 4.74 Å². The van der Waals surface area contributed by atoms with Gasteiger partial charge in [-0.2, -0.15) is 0 Å². The number of carbonyl (C=O) groups is 1. The van der Waals surface area contributed by atoms with E-state index in [1.165, 1.54) is 12.3 Å². The first-order chi connectivity index (χ1) is 13.5. The first kappa shape index (κ1) is 19.3. The van der Waals surface area contributed by atoms with Gasteiger partial charge in [0.2, 0.25) is 0 Å². The van der Waals surface area contributed by atoms with Gasteiger partial charge in [-0.15, -0.1) is 0 Å². The number of methoxy groups -OCH3 is 1. The van der Waals surface area contributed by atoms with Crippen LogP contribution in [-0.2, 0) is 6.42 Å². The molecule has 0 bridgehead atoms. The smallest absolute Gasteiger partial charge is 0.269 e. The van der Waals surface area contributed by atoms with Crippen LogP contribution in [0.1, 0.15) is 16.1 Å². The molecule has 0 unspecified atom stereocenters. The lowest BCUT2D eigenvalue weighted by Crippen LogP contribution is -2.26. The number of nitrogens with zero attached hydrogens (tertiary/aromatic N) is 1. The highest BCUT2D eigenvalue weighted by molar-refractivity contribution is 5.93. The maximum Gasteiger partial charge on any atom is 0.269 e. The molecule has 144 valence electrons. The molecule has 2 aromatic carbocycles. The van der Waals surface area contributed by atoms with Crippen LogP contribution in [0.15, 0.2) is 60.8 Å². The molecule has 0 fully saturated rings. The minimum atomic E-state index is -0.949. The Bertz CT molecular complexity index is 962. The molecule has 3 aromatic rings. The van der Waals surface area contributed by atoms with E-state index in [9.17, 15) is 13.6 Å². The number of carbonyl (C=O) groups excluding carboxylic acids is 1. The van der Waals surface area contributed by atoms with Gasteiger partial charge in [0.15, 0.2) is 11.6 Å². The van der Waals surface area contributed by atoms with Crippen LogP contribution in [0, 0.1) is 11.6 Å². The summed E-state index contributed by atoms with van der Waals surface area (Å²) >= 11 is 0. The number of benzene rings is 2. The SMILES string of the molecule is COc1ccc(CCNC(=O)c2cc(Nc3ccc(F)c(F)c3)ccn2)cc1. The van der Waals surface area contributed by atoms with Crippen LogP contribution in [0.2, 0.25) is 0 Å². The molecule has 0 aliphatic heterocycles. The number of ether oxygens (including phenoxy) is 1. The van der Waals surface area contributed by atoms with Gasteiger partial charge in [0.1, 0.15) is 11.4 Å². The van der Waals surface area contributed by atoms with Gasteiger partial charge in [0.25, 0.3) is 5.91 Å². The zero-order valence-corrected chi connectivity index (χ0v) is 15.2. The molecule has 1 amide bonds. The summed E-state index contributed by atoms with van der Waals surface area (Å²) in [6, 6.07) is 14.3. The average Bonchev–Trinajstić information content (AvgIpc) is 2.71. The van der Waals surface area contributed by atoms with Crippen molar-refractivity contribution in [3.05, 3.63) is 83.7 Å². The summed E-state index contributed by atoms with van der Waals surface area (Å²) < 4.78 is 31.4. The Morgan fingerprint density at radius 3 is 2.46 bits per heavy atom. The summed E-state index contributed by atoms with van der Waals surface area (Å²) in [5, 5.41) is 5.74. The fourth-order valence-corrected chi connectivity index (χ4v) is 2.58. The lowest BCUT2D eigenvalue weighted by Gasteiger charge is -2.09. The van der Waals surface area contributed by atoms with E-state index < -0.39 is 11.6 Å². The molecule has 0 saturated carbocycles. The van der Waals surface area contributed by atoms with Crippen LogP contribution in [0.25, 0.3) is 0 Å². The highest BCUT2D eigenvalue weighted by atomic mass is 19.2. The Hall–Kier alpha value is -3.48. The van der Waals surface area contributed by atoms with E-state index in [1.54, 1.807) is 19.2 Å². The maximum absolute atomic E-state index is 13.3. The fraction of sp³-hybridized carbons (Fsp3) is 0.143. The first-order valence-electron chi connectivity index (χ1n) is 8.64. The van der Waals surface area contributed by atoms with Gasteiger partial charge in [0, 0.05) is 30.2 Å². The van der Waals surface area contributed by atoms with Gasteiger partial charge in [-0.05, 0) is 48.4 Å². The zero-order chi connectivity index (χ0) is 19.9. The third-order valence-corrected chi connectivity index (χ3v) is 4.06. The normalized spacial score (nSPS) is 10.4. The number of amides is 1. The number of nitrogens with one attached hydrogen (secondary N) is 2. The van der Waals surface area contributed by atoms with Crippen molar-refractivity contribution in [2.75, 3.05) is 19.0 Å². The second kappa shape index (κ2) is 8.94. The number of aromatic nitrogens is 1. The summed E-state index contributed by atoms with van der Waals surface area (Å²) in [5.74, 6) is -1.41. The van der Waals surface area contributed by atoms with Gasteiger partial charge in [-0.25, -0.2) is 8.78 Å². The average molecular weight is 383 g/mol. The summed E-state index contributed by atoms with van der Waals surface area (Å²) in [6.07, 6.45) is 2.14. The van der Waals surface area contributed by atoms with Crippen molar-refractivity contribution < 1.29 is 18.3 Å². The standard InChI is InChI=1S/C21H19F2N3O2/c1-28-17-5-2-14(3-6-17)8-10-25-21(27)20-13-16(9-11-24-20)26-15-4-7-18(22)19(23)12-15/h2-7,9,11-13H,8,10H2,1H3,(H,24,26)(H,25,27). The molecule has 1 aromatic heterocycles. The van der Waals surface area contributed by atoms with Crippen LogP contribution < -0.4 is 15.4 Å². The van der Waals surface area contributed by atoms with Crippen LogP contribution in [0.3, 0.4) is 0 Å². The monoisotopic (exact) mass is 383 g/mol. The van der Waals surface area contributed by atoms with Crippen molar-refractivity contribution in [3.8, 4) is 5.75 Å². The summed E-state index contributed by atoms with van der Waals surface area (Å²) in [6.45, 7) is 0.452. The van der Waals surface area contributed by atoms with E-state index in [2.05, 4.69) is 15.6 Å². The molecule has 7 heteroatoms. The van der Waals surface area contributed by atoms with E-state index in [-0.39, 0.29) is 11.6 Å². The molecular weight excluding hydrogens is 364 g/mol. The van der Waals surface area contributed by atoms with Crippen LogP contribution in [-0.4, -0.2) is 24.5 Å². The molecule has 5 nitrogen and oxygen atoms in total. The van der Waals surface area contributed by atoms with E-state index in [1.807, 2.05) is 24.3 Å². The van der Waals surface area contributed by atoms with Crippen LogP contribution in [0.4, 0.5) is 20.2 Å². The van der Waals surface area contributed by atoms with E-state index >= 15 is 0 Å². The molecule has 3 rings (SSSR count). The Kier molecular flexibility index (Phi) is 6.16. The van der Waals surface area contributed by atoms with Gasteiger partial charge in [0.05, 0.1) is 7.11 Å². The van der Waals surface area contributed by atoms with Crippen LogP contribution >= 0.6 is 0 Å². The largest absolute Gasteiger partial charge is 0.497 e. The van der Waals surface area contributed by atoms with Crippen molar-refractivity contribution in [3.63, 3.8) is 0 Å². The predicted molar refractivity (Wildman–Crippen MR) is 103 cm³/mol. The van der Waals surface area contributed by atoms with Crippen molar-refractivity contribution in [1.29, 1.82) is 0 Å². The fourth-order valence-electron chi connectivity index (χ4n) is 2.58. The van der Waals surface area contributed by atoms with Gasteiger partial charge >= 0.3 is 0 Å². The summed E-state index contributed by atoms with van der Waals surface area (Å²) in [7, 11) is 1.61. The Balaban J connectivity index is 1.57. The van der Waals surface area contributed by atoms with Crippen LogP contribution in [0.5, 0.6) is 5.75 Å². The molecule has 0 aliphatic rings. The zero-order valence-electron chi connectivity index (χ0n) is 15.2. The van der Waals surface area contributed by atoms with E-state index in [0.29, 0.717) is 24.3 Å². The molecule has 0 saturated heterocycles. The van der Waals surface area contributed by atoms with E-state index in [0.717, 1.165) is 23.4 Å². The lowest BCUT2D eigenvalue weighted by atomic mass is 10.1. The maximum atomic E-state index is 13.3. The quantitative estimate of drug-likeness (QED) is 0.645.